The average molecular weight is 398 g/mol. The quantitative estimate of drug-likeness (QED) is 0.800. The van der Waals surface area contributed by atoms with Crippen LogP contribution in [-0.2, 0) is 30.9 Å². The Kier molecular flexibility index (Phi) is 6.55. The Morgan fingerprint density at radius 1 is 1.31 bits per heavy atom. The Morgan fingerprint density at radius 3 is 2.79 bits per heavy atom. The van der Waals surface area contributed by atoms with Crippen molar-refractivity contribution in [3.8, 4) is 0 Å². The molecule has 1 aliphatic carbocycles. The summed E-state index contributed by atoms with van der Waals surface area (Å²) < 4.78 is 5.74. The molecule has 0 radical (unpaired) electrons. The minimum absolute atomic E-state index is 0.106. The number of fused-ring (bicyclic) bond motifs is 1. The van der Waals surface area contributed by atoms with Crippen LogP contribution in [0.15, 0.2) is 36.5 Å². The highest BCUT2D eigenvalue weighted by molar-refractivity contribution is 5.69. The first-order valence-corrected chi connectivity index (χ1v) is 10.2. The SMILES string of the molecule is CC(C)(C)OC(=O)N(Cc1ccc(CN)cc1CO)C1CCCc2cccnc21. The molecule has 0 saturated carbocycles. The van der Waals surface area contributed by atoms with Crippen LogP contribution in [-0.4, -0.2) is 26.7 Å². The van der Waals surface area contributed by atoms with Crippen molar-refractivity contribution < 1.29 is 14.6 Å². The number of hydrogen-bond acceptors (Lipinski definition) is 5. The van der Waals surface area contributed by atoms with Gasteiger partial charge in [0.15, 0.2) is 0 Å². The minimum atomic E-state index is -0.597. The van der Waals surface area contributed by atoms with E-state index in [9.17, 15) is 9.90 Å². The Balaban J connectivity index is 1.98. The molecule has 1 atom stereocenters. The van der Waals surface area contributed by atoms with Gasteiger partial charge >= 0.3 is 6.09 Å². The Bertz CT molecular complexity index is 861. The number of aromatic nitrogens is 1. The smallest absolute Gasteiger partial charge is 0.411 e. The van der Waals surface area contributed by atoms with Crippen molar-refractivity contribution >= 4 is 6.09 Å². The van der Waals surface area contributed by atoms with Crippen LogP contribution in [0.25, 0.3) is 0 Å². The number of hydrogen-bond donors (Lipinski definition) is 2. The molecule has 3 rings (SSSR count). The zero-order chi connectivity index (χ0) is 21.0. The van der Waals surface area contributed by atoms with Gasteiger partial charge in [-0.25, -0.2) is 4.79 Å². The second-order valence-corrected chi connectivity index (χ2v) is 8.53. The van der Waals surface area contributed by atoms with E-state index < -0.39 is 5.60 Å². The van der Waals surface area contributed by atoms with Gasteiger partial charge in [0.1, 0.15) is 5.60 Å². The molecule has 0 spiro atoms. The van der Waals surface area contributed by atoms with Gasteiger partial charge in [-0.2, -0.15) is 0 Å². The standard InChI is InChI=1S/C23H31N3O3/c1-23(2,3)29-22(28)26(14-18-10-9-16(13-24)12-19(18)15-27)20-8-4-6-17-7-5-11-25-21(17)20/h5,7,9-12,20,27H,4,6,8,13-15,24H2,1-3H3. The van der Waals surface area contributed by atoms with Gasteiger partial charge in [0, 0.05) is 12.7 Å². The van der Waals surface area contributed by atoms with E-state index in [1.807, 2.05) is 45.0 Å². The van der Waals surface area contributed by atoms with E-state index in [0.29, 0.717) is 13.1 Å². The van der Waals surface area contributed by atoms with Crippen molar-refractivity contribution in [1.82, 2.24) is 9.88 Å². The molecule has 1 unspecified atom stereocenters. The molecular weight excluding hydrogens is 366 g/mol. The number of pyridine rings is 1. The molecule has 3 N–H and O–H groups in total. The van der Waals surface area contributed by atoms with Gasteiger partial charge in [0.25, 0.3) is 0 Å². The normalized spacial score (nSPS) is 16.2. The molecule has 1 aromatic heterocycles. The number of aryl methyl sites for hydroxylation is 1. The van der Waals surface area contributed by atoms with Crippen LogP contribution in [0.1, 0.15) is 67.6 Å². The van der Waals surface area contributed by atoms with Crippen molar-refractivity contribution in [3.05, 3.63) is 64.5 Å². The van der Waals surface area contributed by atoms with E-state index in [0.717, 1.165) is 41.6 Å². The van der Waals surface area contributed by atoms with Gasteiger partial charge in [0.05, 0.1) is 24.9 Å². The molecule has 1 aromatic carbocycles. The maximum atomic E-state index is 13.2. The van der Waals surface area contributed by atoms with Crippen LogP contribution in [0.2, 0.25) is 0 Å². The molecule has 29 heavy (non-hydrogen) atoms. The fraction of sp³-hybridized carbons (Fsp3) is 0.478. The molecule has 156 valence electrons. The third kappa shape index (κ3) is 5.14. The lowest BCUT2D eigenvalue weighted by atomic mass is 9.90. The van der Waals surface area contributed by atoms with Crippen molar-refractivity contribution in [2.24, 2.45) is 5.73 Å². The minimum Gasteiger partial charge on any atom is -0.444 e. The van der Waals surface area contributed by atoms with E-state index in [1.165, 1.54) is 5.56 Å². The molecule has 1 aliphatic rings. The summed E-state index contributed by atoms with van der Waals surface area (Å²) >= 11 is 0. The number of rotatable bonds is 5. The number of amides is 1. The molecule has 0 fully saturated rings. The van der Waals surface area contributed by atoms with Crippen molar-refractivity contribution in [3.63, 3.8) is 0 Å². The number of aliphatic hydroxyl groups excluding tert-OH is 1. The maximum absolute atomic E-state index is 13.2. The van der Waals surface area contributed by atoms with E-state index in [-0.39, 0.29) is 18.7 Å². The van der Waals surface area contributed by atoms with Crippen LogP contribution in [0.5, 0.6) is 0 Å². The number of benzene rings is 1. The number of aliphatic hydroxyl groups is 1. The first-order valence-electron chi connectivity index (χ1n) is 10.2. The molecule has 2 aromatic rings. The second kappa shape index (κ2) is 8.93. The van der Waals surface area contributed by atoms with Crippen molar-refractivity contribution in [2.45, 2.75) is 71.4 Å². The predicted octanol–water partition coefficient (Wildman–Crippen LogP) is 3.85. The van der Waals surface area contributed by atoms with Crippen LogP contribution >= 0.6 is 0 Å². The highest BCUT2D eigenvalue weighted by atomic mass is 16.6. The summed E-state index contributed by atoms with van der Waals surface area (Å²) in [6.07, 6.45) is 4.20. The van der Waals surface area contributed by atoms with Gasteiger partial charge in [-0.1, -0.05) is 24.3 Å². The Morgan fingerprint density at radius 2 is 2.10 bits per heavy atom. The van der Waals surface area contributed by atoms with E-state index in [2.05, 4.69) is 11.1 Å². The largest absolute Gasteiger partial charge is 0.444 e. The number of nitrogens with two attached hydrogens (primary N) is 1. The third-order valence-electron chi connectivity index (χ3n) is 5.19. The number of nitrogens with zero attached hydrogens (tertiary/aromatic N) is 2. The maximum Gasteiger partial charge on any atom is 0.411 e. The lowest BCUT2D eigenvalue weighted by Crippen LogP contribution is -2.40. The van der Waals surface area contributed by atoms with E-state index in [4.69, 9.17) is 10.5 Å². The lowest BCUT2D eigenvalue weighted by molar-refractivity contribution is 0.0111. The first kappa shape index (κ1) is 21.3. The van der Waals surface area contributed by atoms with Gasteiger partial charge in [-0.3, -0.25) is 9.88 Å². The number of carbonyl (C=O) groups is 1. The van der Waals surface area contributed by atoms with Crippen molar-refractivity contribution in [1.29, 1.82) is 0 Å². The van der Waals surface area contributed by atoms with Crippen LogP contribution in [0, 0.1) is 0 Å². The van der Waals surface area contributed by atoms with Crippen LogP contribution < -0.4 is 5.73 Å². The van der Waals surface area contributed by atoms with Gasteiger partial charge < -0.3 is 15.6 Å². The lowest BCUT2D eigenvalue weighted by Gasteiger charge is -2.36. The molecule has 1 amide bonds. The summed E-state index contributed by atoms with van der Waals surface area (Å²) in [4.78, 5) is 19.5. The highest BCUT2D eigenvalue weighted by Crippen LogP contribution is 2.35. The zero-order valence-corrected chi connectivity index (χ0v) is 17.5. The predicted molar refractivity (Wildman–Crippen MR) is 112 cm³/mol. The summed E-state index contributed by atoms with van der Waals surface area (Å²) in [6, 6.07) is 9.64. The fourth-order valence-corrected chi connectivity index (χ4v) is 3.80. The molecular formula is C23H31N3O3. The van der Waals surface area contributed by atoms with Crippen molar-refractivity contribution in [2.75, 3.05) is 0 Å². The molecule has 0 saturated heterocycles. The average Bonchev–Trinajstić information content (AvgIpc) is 2.70. The highest BCUT2D eigenvalue weighted by Gasteiger charge is 2.33. The number of ether oxygens (including phenoxy) is 1. The Hall–Kier alpha value is -2.44. The molecule has 0 bridgehead atoms. The summed E-state index contributed by atoms with van der Waals surface area (Å²) in [7, 11) is 0. The summed E-state index contributed by atoms with van der Waals surface area (Å²) in [5.74, 6) is 0. The molecule has 1 heterocycles. The first-order chi connectivity index (χ1) is 13.8. The fourth-order valence-electron chi connectivity index (χ4n) is 3.80. The third-order valence-corrected chi connectivity index (χ3v) is 5.19. The number of carbonyl (C=O) groups excluding carboxylic acids is 1. The summed E-state index contributed by atoms with van der Waals surface area (Å²) in [5.41, 5.74) is 9.87. The van der Waals surface area contributed by atoms with E-state index >= 15 is 0 Å². The molecule has 6 nitrogen and oxygen atoms in total. The monoisotopic (exact) mass is 397 g/mol. The van der Waals surface area contributed by atoms with Gasteiger partial charge in [0.2, 0.25) is 0 Å². The second-order valence-electron chi connectivity index (χ2n) is 8.53. The zero-order valence-electron chi connectivity index (χ0n) is 17.5. The summed E-state index contributed by atoms with van der Waals surface area (Å²) in [5, 5.41) is 9.86. The van der Waals surface area contributed by atoms with Crippen LogP contribution in [0.3, 0.4) is 0 Å². The summed E-state index contributed by atoms with van der Waals surface area (Å²) in [6.45, 7) is 6.24. The van der Waals surface area contributed by atoms with E-state index in [1.54, 1.807) is 11.1 Å². The molecule has 6 heteroatoms. The van der Waals surface area contributed by atoms with Crippen LogP contribution in [0.4, 0.5) is 4.79 Å². The van der Waals surface area contributed by atoms with Gasteiger partial charge in [-0.15, -0.1) is 0 Å². The Labute approximate surface area is 172 Å². The molecule has 0 aliphatic heterocycles. The van der Waals surface area contributed by atoms with Gasteiger partial charge in [-0.05, 0) is 68.4 Å². The topological polar surface area (TPSA) is 88.7 Å².